The van der Waals surface area contributed by atoms with E-state index in [0.717, 1.165) is 25.9 Å². The summed E-state index contributed by atoms with van der Waals surface area (Å²) in [5, 5.41) is 8.97. The molecule has 1 rings (SSSR count). The van der Waals surface area contributed by atoms with Gasteiger partial charge in [-0.2, -0.15) is 0 Å². The van der Waals surface area contributed by atoms with Gasteiger partial charge in [-0.1, -0.05) is 6.08 Å². The van der Waals surface area contributed by atoms with Crippen molar-refractivity contribution >= 4 is 5.97 Å². The van der Waals surface area contributed by atoms with Crippen LogP contribution in [0.5, 0.6) is 0 Å². The first-order valence-corrected chi connectivity index (χ1v) is 4.65. The number of carbonyl (C=O) groups is 1. The SMILES string of the molecule is C=CCCN1CCC(C)(C(=O)O)C1. The standard InChI is InChI=1S/C10H17NO2/c1-3-4-6-11-7-5-10(2,8-11)9(12)13/h3H,1,4-8H2,2H3,(H,12,13). The molecule has 0 aromatic rings. The van der Waals surface area contributed by atoms with Crippen LogP contribution in [-0.4, -0.2) is 35.6 Å². The van der Waals surface area contributed by atoms with Gasteiger partial charge in [0.1, 0.15) is 0 Å². The molecule has 1 unspecified atom stereocenters. The second kappa shape index (κ2) is 3.92. The number of carboxylic acids is 1. The van der Waals surface area contributed by atoms with Crippen LogP contribution in [0.25, 0.3) is 0 Å². The van der Waals surface area contributed by atoms with Gasteiger partial charge in [0.05, 0.1) is 5.41 Å². The first-order chi connectivity index (χ1) is 6.08. The number of hydrogen-bond donors (Lipinski definition) is 1. The largest absolute Gasteiger partial charge is 0.481 e. The molecule has 1 heterocycles. The van der Waals surface area contributed by atoms with E-state index in [1.807, 2.05) is 13.0 Å². The van der Waals surface area contributed by atoms with Crippen molar-refractivity contribution in [1.82, 2.24) is 4.90 Å². The molecular weight excluding hydrogens is 166 g/mol. The Morgan fingerprint density at radius 2 is 2.46 bits per heavy atom. The van der Waals surface area contributed by atoms with Gasteiger partial charge in [-0.25, -0.2) is 0 Å². The summed E-state index contributed by atoms with van der Waals surface area (Å²) in [5.74, 6) is -0.673. The van der Waals surface area contributed by atoms with Crippen molar-refractivity contribution in [3.63, 3.8) is 0 Å². The first-order valence-electron chi connectivity index (χ1n) is 4.65. The van der Waals surface area contributed by atoms with Crippen LogP contribution in [0.15, 0.2) is 12.7 Å². The minimum absolute atomic E-state index is 0.527. The summed E-state index contributed by atoms with van der Waals surface area (Å²) >= 11 is 0. The van der Waals surface area contributed by atoms with E-state index < -0.39 is 11.4 Å². The van der Waals surface area contributed by atoms with Crippen molar-refractivity contribution in [2.45, 2.75) is 19.8 Å². The van der Waals surface area contributed by atoms with E-state index >= 15 is 0 Å². The van der Waals surface area contributed by atoms with E-state index in [0.29, 0.717) is 6.54 Å². The summed E-state index contributed by atoms with van der Waals surface area (Å²) < 4.78 is 0. The van der Waals surface area contributed by atoms with Crippen LogP contribution in [0.1, 0.15) is 19.8 Å². The molecule has 0 aliphatic carbocycles. The number of carboxylic acid groups (broad SMARTS) is 1. The van der Waals surface area contributed by atoms with Crippen molar-refractivity contribution in [3.05, 3.63) is 12.7 Å². The topological polar surface area (TPSA) is 40.5 Å². The van der Waals surface area contributed by atoms with Gasteiger partial charge in [-0.05, 0) is 26.3 Å². The summed E-state index contributed by atoms with van der Waals surface area (Å²) in [6, 6.07) is 0. The smallest absolute Gasteiger partial charge is 0.310 e. The number of likely N-dealkylation sites (tertiary alicyclic amines) is 1. The highest BCUT2D eigenvalue weighted by Gasteiger charge is 2.39. The molecule has 0 aromatic heterocycles. The third-order valence-corrected chi connectivity index (χ3v) is 2.72. The molecule has 13 heavy (non-hydrogen) atoms. The highest BCUT2D eigenvalue weighted by atomic mass is 16.4. The molecule has 1 aliphatic rings. The van der Waals surface area contributed by atoms with Crippen LogP contribution >= 0.6 is 0 Å². The average molecular weight is 183 g/mol. The summed E-state index contributed by atoms with van der Waals surface area (Å²) in [7, 11) is 0. The number of aliphatic carboxylic acids is 1. The maximum atomic E-state index is 10.9. The minimum Gasteiger partial charge on any atom is -0.481 e. The fraction of sp³-hybridized carbons (Fsp3) is 0.700. The molecule has 1 N–H and O–H groups in total. The van der Waals surface area contributed by atoms with Gasteiger partial charge < -0.3 is 10.0 Å². The average Bonchev–Trinajstić information content (AvgIpc) is 2.45. The Morgan fingerprint density at radius 3 is 2.92 bits per heavy atom. The highest BCUT2D eigenvalue weighted by molar-refractivity contribution is 5.74. The maximum Gasteiger partial charge on any atom is 0.310 e. The summed E-state index contributed by atoms with van der Waals surface area (Å²) in [6.07, 6.45) is 3.58. The summed E-state index contributed by atoms with van der Waals surface area (Å²) in [6.45, 7) is 7.99. The normalized spacial score (nSPS) is 29.0. The Morgan fingerprint density at radius 1 is 1.77 bits per heavy atom. The van der Waals surface area contributed by atoms with Gasteiger partial charge in [-0.3, -0.25) is 4.79 Å². The zero-order chi connectivity index (χ0) is 9.90. The first kappa shape index (κ1) is 10.3. The molecule has 1 saturated heterocycles. The van der Waals surface area contributed by atoms with Crippen molar-refractivity contribution in [3.8, 4) is 0 Å². The van der Waals surface area contributed by atoms with Crippen LogP contribution in [-0.2, 0) is 4.79 Å². The lowest BCUT2D eigenvalue weighted by Crippen LogP contribution is -2.32. The van der Waals surface area contributed by atoms with Crippen molar-refractivity contribution in [2.24, 2.45) is 5.41 Å². The fourth-order valence-electron chi connectivity index (χ4n) is 1.70. The number of hydrogen-bond acceptors (Lipinski definition) is 2. The van der Waals surface area contributed by atoms with Crippen molar-refractivity contribution in [1.29, 1.82) is 0 Å². The Labute approximate surface area is 79.0 Å². The number of rotatable bonds is 4. The quantitative estimate of drug-likeness (QED) is 0.669. The fourth-order valence-corrected chi connectivity index (χ4v) is 1.70. The van der Waals surface area contributed by atoms with Gasteiger partial charge in [0.15, 0.2) is 0 Å². The van der Waals surface area contributed by atoms with Gasteiger partial charge >= 0.3 is 5.97 Å². The zero-order valence-electron chi connectivity index (χ0n) is 8.12. The molecule has 3 heteroatoms. The summed E-state index contributed by atoms with van der Waals surface area (Å²) in [4.78, 5) is 13.1. The van der Waals surface area contributed by atoms with Crippen LogP contribution in [0.2, 0.25) is 0 Å². The predicted octanol–water partition coefficient (Wildman–Crippen LogP) is 1.36. The van der Waals surface area contributed by atoms with Crippen LogP contribution < -0.4 is 0 Å². The molecule has 0 bridgehead atoms. The van der Waals surface area contributed by atoms with Gasteiger partial charge in [0, 0.05) is 13.1 Å². The van der Waals surface area contributed by atoms with Crippen molar-refractivity contribution in [2.75, 3.05) is 19.6 Å². The third kappa shape index (κ3) is 2.31. The van der Waals surface area contributed by atoms with Crippen molar-refractivity contribution < 1.29 is 9.90 Å². The van der Waals surface area contributed by atoms with Gasteiger partial charge in [0.2, 0.25) is 0 Å². The van der Waals surface area contributed by atoms with E-state index in [1.54, 1.807) is 0 Å². The lowest BCUT2D eigenvalue weighted by atomic mass is 9.90. The second-order valence-corrected chi connectivity index (χ2v) is 3.97. The molecule has 3 nitrogen and oxygen atoms in total. The lowest BCUT2D eigenvalue weighted by molar-refractivity contribution is -0.147. The van der Waals surface area contributed by atoms with E-state index in [4.69, 9.17) is 5.11 Å². The van der Waals surface area contributed by atoms with Crippen LogP contribution in [0.4, 0.5) is 0 Å². The highest BCUT2D eigenvalue weighted by Crippen LogP contribution is 2.29. The van der Waals surface area contributed by atoms with Gasteiger partial charge in [0.25, 0.3) is 0 Å². The Balaban J connectivity index is 2.43. The molecular formula is C10H17NO2. The zero-order valence-corrected chi connectivity index (χ0v) is 8.12. The molecule has 0 aromatic carbocycles. The molecule has 1 fully saturated rings. The molecule has 0 saturated carbocycles. The van der Waals surface area contributed by atoms with Crippen LogP contribution in [0, 0.1) is 5.41 Å². The summed E-state index contributed by atoms with van der Waals surface area (Å²) in [5.41, 5.74) is -0.527. The van der Waals surface area contributed by atoms with E-state index in [9.17, 15) is 4.79 Å². The molecule has 0 spiro atoms. The lowest BCUT2D eigenvalue weighted by Gasteiger charge is -2.19. The van der Waals surface area contributed by atoms with E-state index in [-0.39, 0.29) is 0 Å². The third-order valence-electron chi connectivity index (χ3n) is 2.72. The van der Waals surface area contributed by atoms with E-state index in [1.165, 1.54) is 0 Å². The molecule has 74 valence electrons. The van der Waals surface area contributed by atoms with Crippen LogP contribution in [0.3, 0.4) is 0 Å². The Bertz CT molecular complexity index is 215. The maximum absolute atomic E-state index is 10.9. The Hall–Kier alpha value is -0.830. The van der Waals surface area contributed by atoms with Gasteiger partial charge in [-0.15, -0.1) is 6.58 Å². The molecule has 1 atom stereocenters. The monoisotopic (exact) mass is 183 g/mol. The molecule has 0 radical (unpaired) electrons. The minimum atomic E-state index is -0.673. The second-order valence-electron chi connectivity index (χ2n) is 3.97. The molecule has 0 amide bonds. The molecule has 1 aliphatic heterocycles. The Kier molecular flexibility index (Phi) is 3.09. The van der Waals surface area contributed by atoms with E-state index in [2.05, 4.69) is 11.5 Å². The predicted molar refractivity (Wildman–Crippen MR) is 51.6 cm³/mol. The number of nitrogens with zero attached hydrogens (tertiary/aromatic N) is 1.